The van der Waals surface area contributed by atoms with Gasteiger partial charge in [0.25, 0.3) is 6.01 Å². The fraction of sp³-hybridized carbons (Fsp3) is 0.692. The quantitative estimate of drug-likeness (QED) is 0.753. The van der Waals surface area contributed by atoms with Crippen LogP contribution in [0.2, 0.25) is 0 Å². The summed E-state index contributed by atoms with van der Waals surface area (Å²) in [5.41, 5.74) is 0.241. The van der Waals surface area contributed by atoms with Crippen molar-refractivity contribution in [2.24, 2.45) is 5.92 Å². The lowest BCUT2D eigenvalue weighted by Gasteiger charge is -2.18. The molecule has 5 nitrogen and oxygen atoms in total. The smallest absolute Gasteiger partial charge is 0.360 e. The van der Waals surface area contributed by atoms with Gasteiger partial charge in [0.05, 0.1) is 6.61 Å². The summed E-state index contributed by atoms with van der Waals surface area (Å²) in [6.45, 7) is 3.05. The molecule has 0 amide bonds. The molecule has 0 N–H and O–H groups in total. The van der Waals surface area contributed by atoms with Crippen LogP contribution in [0, 0.1) is 5.92 Å². The Hall–Kier alpha value is -1.52. The molecule has 1 aromatic heterocycles. The molecule has 0 atom stereocenters. The van der Waals surface area contributed by atoms with Crippen molar-refractivity contribution < 1.29 is 13.9 Å². The molecule has 1 aliphatic rings. The summed E-state index contributed by atoms with van der Waals surface area (Å²) in [7, 11) is 1.94. The van der Waals surface area contributed by atoms with Crippen LogP contribution in [0.25, 0.3) is 0 Å². The van der Waals surface area contributed by atoms with E-state index in [9.17, 15) is 4.79 Å². The lowest BCUT2D eigenvalue weighted by molar-refractivity contribution is 0.0519. The number of carbonyl (C=O) groups excluding carboxylic acids is 1. The standard InChI is InChI=1S/C13H20N2O3/c1-3-17-12(16)11-9-18-13(14-11)15(2)8-10-6-4-5-7-10/h9-10H,3-8H2,1-2H3. The number of anilines is 1. The molecule has 0 aliphatic heterocycles. The lowest BCUT2D eigenvalue weighted by Crippen LogP contribution is -2.24. The molecule has 0 saturated heterocycles. The van der Waals surface area contributed by atoms with Gasteiger partial charge in [-0.15, -0.1) is 0 Å². The molecule has 0 radical (unpaired) electrons. The molecule has 1 aromatic rings. The fourth-order valence-electron chi connectivity index (χ4n) is 2.40. The molecule has 1 aliphatic carbocycles. The first-order valence-electron chi connectivity index (χ1n) is 6.54. The molecule has 1 heterocycles. The van der Waals surface area contributed by atoms with Gasteiger partial charge in [0, 0.05) is 13.6 Å². The number of carbonyl (C=O) groups is 1. The van der Waals surface area contributed by atoms with E-state index in [-0.39, 0.29) is 5.69 Å². The Balaban J connectivity index is 1.93. The number of ether oxygens (including phenoxy) is 1. The average molecular weight is 252 g/mol. The van der Waals surface area contributed by atoms with Gasteiger partial charge in [-0.2, -0.15) is 4.98 Å². The molecule has 0 spiro atoms. The number of esters is 1. The Kier molecular flexibility index (Phi) is 4.23. The molecule has 0 unspecified atom stereocenters. The van der Waals surface area contributed by atoms with Gasteiger partial charge in [0.15, 0.2) is 5.69 Å². The SMILES string of the molecule is CCOC(=O)c1coc(N(C)CC2CCCC2)n1. The van der Waals surface area contributed by atoms with Crippen molar-refractivity contribution in [3.8, 4) is 0 Å². The fourth-order valence-corrected chi connectivity index (χ4v) is 2.40. The van der Waals surface area contributed by atoms with E-state index in [1.807, 2.05) is 11.9 Å². The highest BCUT2D eigenvalue weighted by Crippen LogP contribution is 2.26. The topological polar surface area (TPSA) is 55.6 Å². The zero-order chi connectivity index (χ0) is 13.0. The van der Waals surface area contributed by atoms with Crippen LogP contribution in [0.5, 0.6) is 0 Å². The van der Waals surface area contributed by atoms with E-state index in [2.05, 4.69) is 4.98 Å². The third-order valence-electron chi connectivity index (χ3n) is 3.31. The van der Waals surface area contributed by atoms with Crippen LogP contribution < -0.4 is 4.90 Å². The van der Waals surface area contributed by atoms with Gasteiger partial charge in [-0.05, 0) is 25.7 Å². The maximum Gasteiger partial charge on any atom is 0.360 e. The summed E-state index contributed by atoms with van der Waals surface area (Å²) >= 11 is 0. The zero-order valence-electron chi connectivity index (χ0n) is 11.0. The Bertz CT molecular complexity index is 397. The third-order valence-corrected chi connectivity index (χ3v) is 3.31. The molecule has 0 bridgehead atoms. The molecule has 100 valence electrons. The molecular formula is C13H20N2O3. The monoisotopic (exact) mass is 252 g/mol. The molecule has 0 aromatic carbocycles. The molecule has 2 rings (SSSR count). The number of hydrogen-bond donors (Lipinski definition) is 0. The molecule has 1 saturated carbocycles. The number of aromatic nitrogens is 1. The van der Waals surface area contributed by atoms with Crippen LogP contribution in [-0.2, 0) is 4.74 Å². The largest absolute Gasteiger partial charge is 0.461 e. The summed E-state index contributed by atoms with van der Waals surface area (Å²) in [5, 5.41) is 0. The summed E-state index contributed by atoms with van der Waals surface area (Å²) in [6, 6.07) is 0.491. The van der Waals surface area contributed by atoms with E-state index in [0.717, 1.165) is 6.54 Å². The third kappa shape index (κ3) is 3.03. The number of hydrogen-bond acceptors (Lipinski definition) is 5. The van der Waals surface area contributed by atoms with E-state index >= 15 is 0 Å². The van der Waals surface area contributed by atoms with E-state index < -0.39 is 5.97 Å². The zero-order valence-corrected chi connectivity index (χ0v) is 11.0. The average Bonchev–Trinajstić information content (AvgIpc) is 2.99. The predicted molar refractivity (Wildman–Crippen MR) is 67.7 cm³/mol. The maximum absolute atomic E-state index is 11.5. The van der Waals surface area contributed by atoms with E-state index in [0.29, 0.717) is 18.5 Å². The van der Waals surface area contributed by atoms with Gasteiger partial charge in [-0.3, -0.25) is 0 Å². The van der Waals surface area contributed by atoms with Crippen LogP contribution in [0.15, 0.2) is 10.7 Å². The minimum atomic E-state index is -0.429. The van der Waals surface area contributed by atoms with Gasteiger partial charge in [0.1, 0.15) is 6.26 Å². The predicted octanol–water partition coefficient (Wildman–Crippen LogP) is 2.48. The Labute approximate surface area is 107 Å². The van der Waals surface area contributed by atoms with E-state index in [4.69, 9.17) is 9.15 Å². The second-order valence-electron chi connectivity index (χ2n) is 4.77. The van der Waals surface area contributed by atoms with E-state index in [1.54, 1.807) is 6.92 Å². The highest BCUT2D eigenvalue weighted by atomic mass is 16.5. The summed E-state index contributed by atoms with van der Waals surface area (Å²) in [6.07, 6.45) is 6.54. The number of oxazole rings is 1. The highest BCUT2D eigenvalue weighted by Gasteiger charge is 2.20. The summed E-state index contributed by atoms with van der Waals surface area (Å²) < 4.78 is 10.2. The Morgan fingerprint density at radius 3 is 2.94 bits per heavy atom. The van der Waals surface area contributed by atoms with Crippen molar-refractivity contribution in [1.29, 1.82) is 0 Å². The molecular weight excluding hydrogens is 232 g/mol. The van der Waals surface area contributed by atoms with Crippen molar-refractivity contribution in [3.05, 3.63) is 12.0 Å². The van der Waals surface area contributed by atoms with Crippen LogP contribution in [-0.4, -0.2) is 31.2 Å². The van der Waals surface area contributed by atoms with Crippen molar-refractivity contribution in [2.75, 3.05) is 25.1 Å². The minimum absolute atomic E-state index is 0.241. The normalized spacial score (nSPS) is 15.9. The lowest BCUT2D eigenvalue weighted by atomic mass is 10.1. The van der Waals surface area contributed by atoms with Gasteiger partial charge < -0.3 is 14.1 Å². The van der Waals surface area contributed by atoms with Gasteiger partial charge in [-0.1, -0.05) is 12.8 Å². The van der Waals surface area contributed by atoms with Gasteiger partial charge in [-0.25, -0.2) is 4.79 Å². The summed E-state index contributed by atoms with van der Waals surface area (Å²) in [4.78, 5) is 17.6. The summed E-state index contributed by atoms with van der Waals surface area (Å²) in [5.74, 6) is 0.287. The maximum atomic E-state index is 11.5. The second kappa shape index (κ2) is 5.89. The van der Waals surface area contributed by atoms with Crippen LogP contribution in [0.4, 0.5) is 6.01 Å². The Morgan fingerprint density at radius 2 is 2.28 bits per heavy atom. The minimum Gasteiger partial charge on any atom is -0.461 e. The van der Waals surface area contributed by atoms with Crippen molar-refractivity contribution in [1.82, 2.24) is 4.98 Å². The number of nitrogens with zero attached hydrogens (tertiary/aromatic N) is 2. The van der Waals surface area contributed by atoms with Crippen LogP contribution in [0.3, 0.4) is 0 Å². The van der Waals surface area contributed by atoms with Crippen molar-refractivity contribution in [2.45, 2.75) is 32.6 Å². The van der Waals surface area contributed by atoms with Crippen LogP contribution in [0.1, 0.15) is 43.1 Å². The van der Waals surface area contributed by atoms with Crippen molar-refractivity contribution >= 4 is 12.0 Å². The van der Waals surface area contributed by atoms with Gasteiger partial charge in [0.2, 0.25) is 0 Å². The second-order valence-corrected chi connectivity index (χ2v) is 4.77. The first-order chi connectivity index (χ1) is 8.70. The van der Waals surface area contributed by atoms with E-state index in [1.165, 1.54) is 31.9 Å². The number of rotatable bonds is 5. The molecule has 5 heteroatoms. The highest BCUT2D eigenvalue weighted by molar-refractivity contribution is 5.87. The first-order valence-corrected chi connectivity index (χ1v) is 6.54. The molecule has 18 heavy (non-hydrogen) atoms. The van der Waals surface area contributed by atoms with Crippen molar-refractivity contribution in [3.63, 3.8) is 0 Å². The van der Waals surface area contributed by atoms with Gasteiger partial charge >= 0.3 is 5.97 Å². The van der Waals surface area contributed by atoms with Crippen LogP contribution >= 0.6 is 0 Å². The molecule has 1 fully saturated rings. The Morgan fingerprint density at radius 1 is 1.56 bits per heavy atom. The first kappa shape index (κ1) is 12.9.